The van der Waals surface area contributed by atoms with E-state index in [0.717, 1.165) is 6.42 Å². The lowest BCUT2D eigenvalue weighted by Crippen LogP contribution is -2.15. The van der Waals surface area contributed by atoms with Crippen LogP contribution in [0.25, 0.3) is 0 Å². The van der Waals surface area contributed by atoms with Gasteiger partial charge in [-0.1, -0.05) is 26.0 Å². The van der Waals surface area contributed by atoms with Gasteiger partial charge in [0.25, 0.3) is 0 Å². The quantitative estimate of drug-likeness (QED) is 0.690. The van der Waals surface area contributed by atoms with Crippen LogP contribution in [0, 0.1) is 0 Å². The Morgan fingerprint density at radius 2 is 1.81 bits per heavy atom. The fraction of sp³-hybridized carbons (Fsp3) is 0.316. The van der Waals surface area contributed by atoms with E-state index in [4.69, 9.17) is 4.74 Å². The van der Waals surface area contributed by atoms with Crippen LogP contribution in [0.15, 0.2) is 47.4 Å². The number of carbonyl (C=O) groups excluding carboxylic acids is 1. The Balaban J connectivity index is 1.93. The van der Waals surface area contributed by atoms with Gasteiger partial charge in [0.05, 0.1) is 29.4 Å². The second-order valence-electron chi connectivity index (χ2n) is 5.73. The minimum Gasteiger partial charge on any atom is -0.506 e. The summed E-state index contributed by atoms with van der Waals surface area (Å²) in [6.07, 6.45) is 1.01. The fourth-order valence-corrected chi connectivity index (χ4v) is 3.18. The lowest BCUT2D eigenvalue weighted by atomic mass is 10.2. The zero-order valence-electron chi connectivity index (χ0n) is 14.9. The molecule has 0 radical (unpaired) electrons. The number of phenols is 1. The first-order chi connectivity index (χ1) is 12.4. The van der Waals surface area contributed by atoms with Crippen molar-refractivity contribution in [3.05, 3.63) is 48.0 Å². The number of amides is 1. The van der Waals surface area contributed by atoms with E-state index in [0.29, 0.717) is 5.75 Å². The van der Waals surface area contributed by atoms with Crippen molar-refractivity contribution in [2.45, 2.75) is 31.6 Å². The first-order valence-corrected chi connectivity index (χ1v) is 10.1. The van der Waals surface area contributed by atoms with Crippen molar-refractivity contribution in [1.29, 1.82) is 0 Å². The summed E-state index contributed by atoms with van der Waals surface area (Å²) >= 11 is 0. The van der Waals surface area contributed by atoms with Crippen molar-refractivity contribution in [2.75, 3.05) is 17.7 Å². The van der Waals surface area contributed by atoms with Crippen molar-refractivity contribution < 1.29 is 23.1 Å². The van der Waals surface area contributed by atoms with Gasteiger partial charge in [-0.3, -0.25) is 4.79 Å². The van der Waals surface area contributed by atoms with E-state index < -0.39 is 9.84 Å². The van der Waals surface area contributed by atoms with E-state index in [1.165, 1.54) is 30.7 Å². The van der Waals surface area contributed by atoms with Crippen LogP contribution in [0.4, 0.5) is 5.69 Å². The average molecular weight is 377 g/mol. The van der Waals surface area contributed by atoms with Crippen LogP contribution in [0.2, 0.25) is 0 Å². The van der Waals surface area contributed by atoms with Gasteiger partial charge in [0.15, 0.2) is 9.84 Å². The maximum absolute atomic E-state index is 12.0. The van der Waals surface area contributed by atoms with Crippen LogP contribution in [-0.2, 0) is 21.1 Å². The number of phenolic OH excluding ortho intramolecular Hbond substituents is 1. The van der Waals surface area contributed by atoms with Gasteiger partial charge in [-0.25, -0.2) is 8.42 Å². The summed E-state index contributed by atoms with van der Waals surface area (Å²) in [5, 5.41) is 12.4. The molecular weight excluding hydrogens is 354 g/mol. The zero-order valence-corrected chi connectivity index (χ0v) is 15.7. The number of aromatic hydroxyl groups is 1. The van der Waals surface area contributed by atoms with E-state index in [2.05, 4.69) is 12.2 Å². The molecule has 2 aromatic rings. The smallest absolute Gasteiger partial charge is 0.227 e. The third-order valence-electron chi connectivity index (χ3n) is 3.91. The van der Waals surface area contributed by atoms with E-state index in [1.807, 2.05) is 24.3 Å². The van der Waals surface area contributed by atoms with Crippen LogP contribution < -0.4 is 10.1 Å². The fourth-order valence-electron chi connectivity index (χ4n) is 2.27. The Hall–Kier alpha value is -2.54. The van der Waals surface area contributed by atoms with Gasteiger partial charge in [-0.05, 0) is 42.3 Å². The highest BCUT2D eigenvalue weighted by molar-refractivity contribution is 7.91. The minimum atomic E-state index is -3.42. The number of aryl methyl sites for hydroxylation is 1. The number of hydrogen-bond donors (Lipinski definition) is 2. The number of carbonyl (C=O) groups is 1. The summed E-state index contributed by atoms with van der Waals surface area (Å²) in [6, 6.07) is 11.5. The van der Waals surface area contributed by atoms with Gasteiger partial charge in [-0.2, -0.15) is 0 Å². The van der Waals surface area contributed by atoms with Crippen molar-refractivity contribution in [1.82, 2.24) is 0 Å². The van der Waals surface area contributed by atoms with E-state index in [9.17, 15) is 18.3 Å². The Kier molecular flexibility index (Phi) is 6.63. The van der Waals surface area contributed by atoms with Gasteiger partial charge >= 0.3 is 0 Å². The average Bonchev–Trinajstić information content (AvgIpc) is 2.64. The van der Waals surface area contributed by atoms with Crippen LogP contribution >= 0.6 is 0 Å². The summed E-state index contributed by atoms with van der Waals surface area (Å²) in [6.45, 7) is 3.77. The van der Waals surface area contributed by atoms with Gasteiger partial charge in [-0.15, -0.1) is 0 Å². The molecule has 2 aromatic carbocycles. The molecule has 6 nitrogen and oxygen atoms in total. The molecule has 0 saturated heterocycles. The highest BCUT2D eigenvalue weighted by atomic mass is 32.2. The maximum Gasteiger partial charge on any atom is 0.227 e. The molecule has 7 heteroatoms. The number of anilines is 1. The molecule has 140 valence electrons. The highest BCUT2D eigenvalue weighted by Crippen LogP contribution is 2.27. The molecule has 0 aliphatic carbocycles. The van der Waals surface area contributed by atoms with Crippen molar-refractivity contribution in [3.8, 4) is 11.5 Å². The summed E-state index contributed by atoms with van der Waals surface area (Å²) in [7, 11) is -3.42. The standard InChI is InChI=1S/C19H23NO5S/c1-3-14-5-7-15(8-6-14)25-12-11-19(22)20-17-13-16(9-10-18(17)21)26(23,24)4-2/h5-10,13,21H,3-4,11-12H2,1-2H3,(H,20,22). The zero-order chi connectivity index (χ0) is 19.2. The molecule has 0 saturated carbocycles. The molecule has 2 rings (SSSR count). The number of benzene rings is 2. The molecule has 0 aliphatic rings. The number of ether oxygens (including phenoxy) is 1. The molecule has 0 fully saturated rings. The molecule has 0 atom stereocenters. The third-order valence-corrected chi connectivity index (χ3v) is 5.64. The van der Waals surface area contributed by atoms with Crippen LogP contribution in [0.5, 0.6) is 11.5 Å². The van der Waals surface area contributed by atoms with Crippen molar-refractivity contribution in [2.24, 2.45) is 0 Å². The Bertz CT molecular complexity index is 860. The lowest BCUT2D eigenvalue weighted by molar-refractivity contribution is -0.116. The normalized spacial score (nSPS) is 11.2. The predicted molar refractivity (Wildman–Crippen MR) is 100 cm³/mol. The Labute approximate surface area is 153 Å². The van der Waals surface area contributed by atoms with Gasteiger partial charge < -0.3 is 15.2 Å². The summed E-state index contributed by atoms with van der Waals surface area (Å²) in [4.78, 5) is 12.1. The van der Waals surface area contributed by atoms with Gasteiger partial charge in [0.2, 0.25) is 5.91 Å². The third kappa shape index (κ3) is 5.23. The topological polar surface area (TPSA) is 92.7 Å². The van der Waals surface area contributed by atoms with Gasteiger partial charge in [0, 0.05) is 0 Å². The van der Waals surface area contributed by atoms with Crippen molar-refractivity contribution >= 4 is 21.4 Å². The predicted octanol–water partition coefficient (Wildman–Crippen LogP) is 3.16. The highest BCUT2D eigenvalue weighted by Gasteiger charge is 2.15. The van der Waals surface area contributed by atoms with E-state index in [-0.39, 0.29) is 41.0 Å². The summed E-state index contributed by atoms with van der Waals surface area (Å²) < 4.78 is 29.3. The molecule has 0 bridgehead atoms. The van der Waals surface area contributed by atoms with Crippen molar-refractivity contribution in [3.63, 3.8) is 0 Å². The second-order valence-corrected chi connectivity index (χ2v) is 8.00. The number of rotatable bonds is 8. The number of nitrogens with one attached hydrogen (secondary N) is 1. The number of sulfone groups is 1. The molecule has 0 unspecified atom stereocenters. The monoisotopic (exact) mass is 377 g/mol. The minimum absolute atomic E-state index is 0.0559. The maximum atomic E-state index is 12.0. The summed E-state index contributed by atoms with van der Waals surface area (Å²) in [5.41, 5.74) is 1.27. The molecule has 0 aromatic heterocycles. The molecule has 2 N–H and O–H groups in total. The Morgan fingerprint density at radius 1 is 1.12 bits per heavy atom. The number of hydrogen-bond acceptors (Lipinski definition) is 5. The first kappa shape index (κ1) is 19.8. The van der Waals surface area contributed by atoms with Crippen LogP contribution in [0.3, 0.4) is 0 Å². The van der Waals surface area contributed by atoms with Gasteiger partial charge in [0.1, 0.15) is 11.5 Å². The molecule has 0 heterocycles. The molecule has 1 amide bonds. The summed E-state index contributed by atoms with van der Waals surface area (Å²) in [5.74, 6) is 0.0467. The van der Waals surface area contributed by atoms with Crippen LogP contribution in [-0.4, -0.2) is 31.8 Å². The first-order valence-electron chi connectivity index (χ1n) is 8.43. The molecule has 0 aliphatic heterocycles. The Morgan fingerprint density at radius 3 is 2.42 bits per heavy atom. The van der Waals surface area contributed by atoms with E-state index >= 15 is 0 Å². The molecule has 0 spiro atoms. The van der Waals surface area contributed by atoms with E-state index in [1.54, 1.807) is 0 Å². The molecular formula is C19H23NO5S. The second kappa shape index (κ2) is 8.71. The SMILES string of the molecule is CCc1ccc(OCCC(=O)Nc2cc(S(=O)(=O)CC)ccc2O)cc1. The molecule has 26 heavy (non-hydrogen) atoms. The largest absolute Gasteiger partial charge is 0.506 e. The van der Waals surface area contributed by atoms with Crippen LogP contribution in [0.1, 0.15) is 25.8 Å². The lowest BCUT2D eigenvalue weighted by Gasteiger charge is -2.10.